The van der Waals surface area contributed by atoms with E-state index in [4.69, 9.17) is 25.6 Å². The molecule has 0 atom stereocenters. The summed E-state index contributed by atoms with van der Waals surface area (Å²) < 4.78 is 16.3. The Morgan fingerprint density at radius 1 is 1.32 bits per heavy atom. The zero-order chi connectivity index (χ0) is 17.6. The van der Waals surface area contributed by atoms with E-state index < -0.39 is 0 Å². The van der Waals surface area contributed by atoms with Crippen LogP contribution in [0.15, 0.2) is 39.5 Å². The van der Waals surface area contributed by atoms with Crippen LogP contribution < -0.4 is 9.47 Å². The van der Waals surface area contributed by atoms with E-state index in [1.54, 1.807) is 24.5 Å². The molecule has 0 radical (unpaired) electrons. The van der Waals surface area contributed by atoms with Gasteiger partial charge in [-0.2, -0.15) is 16.3 Å². The topological polar surface area (TPSA) is 57.4 Å². The summed E-state index contributed by atoms with van der Waals surface area (Å²) in [4.78, 5) is 4.33. The Morgan fingerprint density at radius 2 is 2.20 bits per heavy atom. The Labute approximate surface area is 154 Å². The maximum absolute atomic E-state index is 6.34. The third-order valence-electron chi connectivity index (χ3n) is 3.35. The Balaban J connectivity index is 1.84. The molecule has 0 bridgehead atoms. The van der Waals surface area contributed by atoms with Crippen LogP contribution in [0.4, 0.5) is 0 Å². The van der Waals surface area contributed by atoms with Crippen molar-refractivity contribution in [3.63, 3.8) is 0 Å². The van der Waals surface area contributed by atoms with E-state index in [0.717, 1.165) is 17.5 Å². The average molecular weight is 377 g/mol. The molecule has 2 aromatic heterocycles. The molecule has 3 rings (SSSR count). The van der Waals surface area contributed by atoms with Gasteiger partial charge in [-0.3, -0.25) is 0 Å². The molecule has 0 saturated carbocycles. The minimum absolute atomic E-state index is 0.273. The first-order valence-corrected chi connectivity index (χ1v) is 9.08. The average Bonchev–Trinajstić information content (AvgIpc) is 3.31. The second-order valence-corrected chi connectivity index (χ2v) is 6.37. The third-order valence-corrected chi connectivity index (χ3v) is 4.31. The van der Waals surface area contributed by atoms with Gasteiger partial charge in [0.05, 0.1) is 13.7 Å². The first-order chi connectivity index (χ1) is 12.2. The van der Waals surface area contributed by atoms with Gasteiger partial charge in [0.2, 0.25) is 5.82 Å². The lowest BCUT2D eigenvalue weighted by molar-refractivity contribution is 0.294. The summed E-state index contributed by atoms with van der Waals surface area (Å²) in [6.45, 7) is 2.67. The van der Waals surface area contributed by atoms with Gasteiger partial charge in [0.25, 0.3) is 5.89 Å². The molecule has 0 fully saturated rings. The first kappa shape index (κ1) is 17.5. The highest BCUT2D eigenvalue weighted by Crippen LogP contribution is 2.31. The Kier molecular flexibility index (Phi) is 5.73. The van der Waals surface area contributed by atoms with Gasteiger partial charge in [0.15, 0.2) is 11.5 Å². The van der Waals surface area contributed by atoms with Gasteiger partial charge >= 0.3 is 0 Å². The zero-order valence-corrected chi connectivity index (χ0v) is 15.4. The van der Waals surface area contributed by atoms with Crippen LogP contribution in [0.2, 0.25) is 0 Å². The lowest BCUT2D eigenvalue weighted by Gasteiger charge is -2.10. The van der Waals surface area contributed by atoms with Crippen molar-refractivity contribution in [1.29, 1.82) is 0 Å². The van der Waals surface area contributed by atoms with E-state index >= 15 is 0 Å². The predicted octanol–water partition coefficient (Wildman–Crippen LogP) is 5.33. The molecule has 0 amide bonds. The van der Waals surface area contributed by atoms with Crippen LogP contribution in [0, 0.1) is 0 Å². The summed E-state index contributed by atoms with van der Waals surface area (Å²) in [5.41, 5.74) is 1.76. The molecule has 5 nitrogen and oxygen atoms in total. The fourth-order valence-corrected chi connectivity index (χ4v) is 2.98. The fraction of sp³-hybridized carbons (Fsp3) is 0.222. The number of aromatic nitrogens is 2. The quantitative estimate of drug-likeness (QED) is 0.557. The predicted molar refractivity (Wildman–Crippen MR) is 100 cm³/mol. The van der Waals surface area contributed by atoms with Crippen LogP contribution >= 0.6 is 22.9 Å². The molecule has 0 saturated heterocycles. The number of ether oxygens (including phenoxy) is 2. The lowest BCUT2D eigenvalue weighted by Crippen LogP contribution is -1.98. The van der Waals surface area contributed by atoms with Gasteiger partial charge in [-0.1, -0.05) is 29.7 Å². The minimum atomic E-state index is 0.273. The van der Waals surface area contributed by atoms with Crippen LogP contribution in [-0.2, 0) is 0 Å². The molecule has 0 N–H and O–H groups in total. The van der Waals surface area contributed by atoms with Crippen LogP contribution in [-0.4, -0.2) is 23.9 Å². The monoisotopic (exact) mass is 376 g/mol. The van der Waals surface area contributed by atoms with E-state index in [9.17, 15) is 0 Å². The maximum atomic E-state index is 6.34. The van der Waals surface area contributed by atoms with Gasteiger partial charge in [0.1, 0.15) is 5.03 Å². The zero-order valence-electron chi connectivity index (χ0n) is 13.9. The summed E-state index contributed by atoms with van der Waals surface area (Å²) in [6.07, 6.45) is 2.67. The van der Waals surface area contributed by atoms with E-state index in [2.05, 4.69) is 10.1 Å². The lowest BCUT2D eigenvalue weighted by atomic mass is 10.2. The van der Waals surface area contributed by atoms with Crippen molar-refractivity contribution in [2.24, 2.45) is 0 Å². The van der Waals surface area contributed by atoms with E-state index in [1.807, 2.05) is 41.9 Å². The number of benzene rings is 1. The molecular formula is C18H17ClN2O3S. The summed E-state index contributed by atoms with van der Waals surface area (Å²) in [5, 5.41) is 8.23. The molecule has 0 unspecified atom stereocenters. The number of nitrogens with zero attached hydrogens (tertiary/aromatic N) is 2. The van der Waals surface area contributed by atoms with Gasteiger partial charge in [-0.25, -0.2) is 0 Å². The highest BCUT2D eigenvalue weighted by atomic mass is 35.5. The SMILES string of the molecule is CCCOc1cc(C=C(Cl)c2nc(-c3ccsc3)no2)ccc1OC. The molecule has 2 heterocycles. The number of rotatable bonds is 7. The second-order valence-electron chi connectivity index (χ2n) is 5.19. The highest BCUT2D eigenvalue weighted by Gasteiger charge is 2.12. The van der Waals surface area contributed by atoms with Crippen LogP contribution in [0.5, 0.6) is 11.5 Å². The molecule has 25 heavy (non-hydrogen) atoms. The molecular weight excluding hydrogens is 360 g/mol. The molecule has 0 aliphatic rings. The minimum Gasteiger partial charge on any atom is -0.493 e. The molecule has 0 spiro atoms. The molecule has 0 aliphatic carbocycles. The maximum Gasteiger partial charge on any atom is 0.269 e. The van der Waals surface area contributed by atoms with Crippen molar-refractivity contribution in [1.82, 2.24) is 10.1 Å². The Hall–Kier alpha value is -2.31. The van der Waals surface area contributed by atoms with E-state index in [0.29, 0.717) is 29.0 Å². The van der Waals surface area contributed by atoms with Crippen molar-refractivity contribution in [2.45, 2.75) is 13.3 Å². The summed E-state index contributed by atoms with van der Waals surface area (Å²) in [5.74, 6) is 2.14. The van der Waals surface area contributed by atoms with Crippen molar-refractivity contribution in [3.8, 4) is 22.9 Å². The summed E-state index contributed by atoms with van der Waals surface area (Å²) >= 11 is 7.91. The first-order valence-electron chi connectivity index (χ1n) is 7.76. The van der Waals surface area contributed by atoms with Crippen LogP contribution in [0.3, 0.4) is 0 Å². The van der Waals surface area contributed by atoms with Crippen molar-refractivity contribution in [2.75, 3.05) is 13.7 Å². The molecule has 3 aromatic rings. The number of methoxy groups -OCH3 is 1. The summed E-state index contributed by atoms with van der Waals surface area (Å²) in [6, 6.07) is 7.52. The molecule has 0 aliphatic heterocycles. The fourth-order valence-electron chi connectivity index (χ4n) is 2.15. The van der Waals surface area contributed by atoms with Gasteiger partial charge < -0.3 is 14.0 Å². The van der Waals surface area contributed by atoms with Gasteiger partial charge in [-0.05, 0) is 41.6 Å². The van der Waals surface area contributed by atoms with Crippen molar-refractivity contribution < 1.29 is 14.0 Å². The number of hydrogen-bond donors (Lipinski definition) is 0. The van der Waals surface area contributed by atoms with E-state index in [-0.39, 0.29) is 5.89 Å². The van der Waals surface area contributed by atoms with Crippen molar-refractivity contribution >= 4 is 34.0 Å². The number of halogens is 1. The van der Waals surface area contributed by atoms with Gasteiger partial charge in [-0.15, -0.1) is 0 Å². The molecule has 1 aromatic carbocycles. The van der Waals surface area contributed by atoms with Crippen LogP contribution in [0.25, 0.3) is 22.5 Å². The molecule has 130 valence electrons. The van der Waals surface area contributed by atoms with Gasteiger partial charge in [0, 0.05) is 10.9 Å². The smallest absolute Gasteiger partial charge is 0.269 e. The van der Waals surface area contributed by atoms with Crippen LogP contribution in [0.1, 0.15) is 24.8 Å². The third kappa shape index (κ3) is 4.21. The largest absolute Gasteiger partial charge is 0.493 e. The normalized spacial score (nSPS) is 11.6. The highest BCUT2D eigenvalue weighted by molar-refractivity contribution is 7.08. The number of hydrogen-bond acceptors (Lipinski definition) is 6. The summed E-state index contributed by atoms with van der Waals surface area (Å²) in [7, 11) is 1.61. The number of thiophene rings is 1. The van der Waals surface area contributed by atoms with Crippen molar-refractivity contribution in [3.05, 3.63) is 46.5 Å². The molecule has 7 heteroatoms. The standard InChI is InChI=1S/C18H17ClN2O3S/c1-3-7-23-16-10-12(4-5-15(16)22-2)9-14(19)18-20-17(21-24-18)13-6-8-25-11-13/h4-6,8-11H,3,7H2,1-2H3. The van der Waals surface area contributed by atoms with E-state index in [1.165, 1.54) is 0 Å². The second kappa shape index (κ2) is 8.18. The Bertz CT molecular complexity index is 859. The Morgan fingerprint density at radius 3 is 2.92 bits per heavy atom.